The van der Waals surface area contributed by atoms with Gasteiger partial charge in [-0.25, -0.2) is 0 Å². The maximum absolute atomic E-state index is 12.7. The first kappa shape index (κ1) is 16.1. The van der Waals surface area contributed by atoms with E-state index >= 15 is 0 Å². The molecule has 1 aliphatic rings. The van der Waals surface area contributed by atoms with Gasteiger partial charge in [0.05, 0.1) is 24.1 Å². The number of amides is 1. The first-order chi connectivity index (χ1) is 11.5. The zero-order valence-electron chi connectivity index (χ0n) is 13.2. The molecule has 0 radical (unpaired) electrons. The highest BCUT2D eigenvalue weighted by atomic mass is 35.5. The number of phenols is 1. The van der Waals surface area contributed by atoms with Crippen LogP contribution < -0.4 is 9.75 Å². The van der Waals surface area contributed by atoms with E-state index in [1.165, 1.54) is 18.2 Å². The lowest BCUT2D eigenvalue weighted by atomic mass is 10.1. The van der Waals surface area contributed by atoms with Gasteiger partial charge in [0.25, 0.3) is 5.91 Å². The van der Waals surface area contributed by atoms with Crippen molar-refractivity contribution in [2.24, 2.45) is 5.10 Å². The van der Waals surface area contributed by atoms with Crippen LogP contribution in [0, 0.1) is 0 Å². The van der Waals surface area contributed by atoms with Gasteiger partial charge in [0.1, 0.15) is 0 Å². The van der Waals surface area contributed by atoms with Crippen molar-refractivity contribution in [3.63, 3.8) is 0 Å². The summed E-state index contributed by atoms with van der Waals surface area (Å²) in [4.78, 5) is 12.7. The monoisotopic (exact) mass is 342 g/mol. The molecule has 1 aliphatic heterocycles. The summed E-state index contributed by atoms with van der Waals surface area (Å²) in [5.41, 5.74) is 2.02. The highest BCUT2D eigenvalue weighted by molar-refractivity contribution is 6.33. The second-order valence-corrected chi connectivity index (χ2v) is 5.68. The van der Waals surface area contributed by atoms with E-state index in [1.54, 1.807) is 31.2 Å². The van der Waals surface area contributed by atoms with Crippen LogP contribution in [0.25, 0.3) is 6.08 Å². The van der Waals surface area contributed by atoms with Crippen molar-refractivity contribution in [3.8, 4) is 11.5 Å². The Kier molecular flexibility index (Phi) is 4.27. The van der Waals surface area contributed by atoms with Gasteiger partial charge in [-0.3, -0.25) is 4.79 Å². The Hall–Kier alpha value is -2.79. The minimum Gasteiger partial charge on any atom is -0.504 e. The standard InChI is InChI=1S/C18H15ClN2O3/c1-11-15(9-12-8-13(19)10-16(24-2)17(12)22)18(23)21(20-11)14-6-4-3-5-7-14/h3-10,22H,1-2H3/b15-9+. The van der Waals surface area contributed by atoms with Gasteiger partial charge in [-0.15, -0.1) is 0 Å². The number of hydrazone groups is 1. The lowest BCUT2D eigenvalue weighted by Gasteiger charge is -2.11. The normalized spacial score (nSPS) is 15.8. The number of ether oxygens (including phenoxy) is 1. The number of carbonyl (C=O) groups excluding carboxylic acids is 1. The summed E-state index contributed by atoms with van der Waals surface area (Å²) in [7, 11) is 1.44. The molecule has 6 heteroatoms. The number of phenolic OH excluding ortho intramolecular Hbond substituents is 1. The first-order valence-electron chi connectivity index (χ1n) is 7.24. The number of methoxy groups -OCH3 is 1. The zero-order valence-corrected chi connectivity index (χ0v) is 13.9. The van der Waals surface area contributed by atoms with E-state index in [-0.39, 0.29) is 17.4 Å². The predicted octanol–water partition coefficient (Wildman–Crippen LogP) is 3.86. The molecular weight excluding hydrogens is 328 g/mol. The van der Waals surface area contributed by atoms with Crippen molar-refractivity contribution >= 4 is 35.0 Å². The van der Waals surface area contributed by atoms with Gasteiger partial charge in [0.2, 0.25) is 0 Å². The summed E-state index contributed by atoms with van der Waals surface area (Å²) in [6, 6.07) is 12.2. The molecule has 2 aromatic carbocycles. The number of aromatic hydroxyl groups is 1. The van der Waals surface area contributed by atoms with Gasteiger partial charge in [-0.05, 0) is 31.2 Å². The molecule has 0 fully saturated rings. The van der Waals surface area contributed by atoms with E-state index in [0.717, 1.165) is 0 Å². The van der Waals surface area contributed by atoms with Crippen LogP contribution >= 0.6 is 11.6 Å². The molecule has 1 amide bonds. The largest absolute Gasteiger partial charge is 0.504 e. The van der Waals surface area contributed by atoms with Crippen LogP contribution in [0.3, 0.4) is 0 Å². The quantitative estimate of drug-likeness (QED) is 0.861. The van der Waals surface area contributed by atoms with Gasteiger partial charge in [0.15, 0.2) is 11.5 Å². The Morgan fingerprint density at radius 1 is 1.25 bits per heavy atom. The molecule has 3 rings (SSSR count). The summed E-state index contributed by atoms with van der Waals surface area (Å²) >= 11 is 6.04. The van der Waals surface area contributed by atoms with E-state index < -0.39 is 0 Å². The van der Waals surface area contributed by atoms with Gasteiger partial charge >= 0.3 is 0 Å². The van der Waals surface area contributed by atoms with Crippen LogP contribution in [0.1, 0.15) is 12.5 Å². The van der Waals surface area contributed by atoms with Crippen molar-refractivity contribution < 1.29 is 14.6 Å². The van der Waals surface area contributed by atoms with Crippen molar-refractivity contribution in [1.82, 2.24) is 0 Å². The molecule has 24 heavy (non-hydrogen) atoms. The fraction of sp³-hybridized carbons (Fsp3) is 0.111. The molecule has 0 saturated carbocycles. The Labute approximate surface area is 144 Å². The fourth-order valence-corrected chi connectivity index (χ4v) is 2.66. The summed E-state index contributed by atoms with van der Waals surface area (Å²) in [6.45, 7) is 1.74. The first-order valence-corrected chi connectivity index (χ1v) is 7.62. The molecule has 0 saturated heterocycles. The van der Waals surface area contributed by atoms with Crippen molar-refractivity contribution in [2.45, 2.75) is 6.92 Å². The lowest BCUT2D eigenvalue weighted by Crippen LogP contribution is -2.21. The number of halogens is 1. The third kappa shape index (κ3) is 2.86. The minimum absolute atomic E-state index is 0.0758. The predicted molar refractivity (Wildman–Crippen MR) is 94.7 cm³/mol. The molecule has 122 valence electrons. The molecule has 0 aliphatic carbocycles. The molecule has 0 unspecified atom stereocenters. The average Bonchev–Trinajstić information content (AvgIpc) is 2.86. The Morgan fingerprint density at radius 3 is 2.62 bits per heavy atom. The van der Waals surface area contributed by atoms with E-state index in [1.807, 2.05) is 18.2 Å². The highest BCUT2D eigenvalue weighted by Gasteiger charge is 2.29. The number of hydrogen-bond acceptors (Lipinski definition) is 4. The van der Waals surface area contributed by atoms with Crippen molar-refractivity contribution in [2.75, 3.05) is 12.1 Å². The fourth-order valence-electron chi connectivity index (χ4n) is 2.44. The summed E-state index contributed by atoms with van der Waals surface area (Å²) in [6.07, 6.45) is 1.56. The van der Waals surface area contributed by atoms with Crippen LogP contribution in [-0.2, 0) is 4.79 Å². The number of benzene rings is 2. The molecule has 0 atom stereocenters. The number of carbonyl (C=O) groups is 1. The van der Waals surface area contributed by atoms with Crippen LogP contribution in [-0.4, -0.2) is 23.8 Å². The van der Waals surface area contributed by atoms with Crippen LogP contribution in [0.15, 0.2) is 53.1 Å². The zero-order chi connectivity index (χ0) is 17.3. The molecule has 1 N–H and O–H groups in total. The van der Waals surface area contributed by atoms with Gasteiger partial charge < -0.3 is 9.84 Å². The average molecular weight is 343 g/mol. The smallest absolute Gasteiger partial charge is 0.280 e. The Bertz CT molecular complexity index is 860. The van der Waals surface area contributed by atoms with Crippen LogP contribution in [0.5, 0.6) is 11.5 Å². The third-order valence-corrected chi connectivity index (χ3v) is 3.87. The van der Waals surface area contributed by atoms with E-state index in [2.05, 4.69) is 5.10 Å². The molecule has 0 spiro atoms. The van der Waals surface area contributed by atoms with Crippen LogP contribution in [0.4, 0.5) is 5.69 Å². The molecule has 2 aromatic rings. The van der Waals surface area contributed by atoms with Crippen LogP contribution in [0.2, 0.25) is 5.02 Å². The van der Waals surface area contributed by atoms with Crippen molar-refractivity contribution in [1.29, 1.82) is 0 Å². The maximum atomic E-state index is 12.7. The van der Waals surface area contributed by atoms with Gasteiger partial charge in [-0.1, -0.05) is 29.8 Å². The highest BCUT2D eigenvalue weighted by Crippen LogP contribution is 2.35. The van der Waals surface area contributed by atoms with E-state index in [4.69, 9.17) is 16.3 Å². The van der Waals surface area contributed by atoms with E-state index in [9.17, 15) is 9.90 Å². The maximum Gasteiger partial charge on any atom is 0.280 e. The number of para-hydroxylation sites is 1. The number of nitrogens with zero attached hydrogens (tertiary/aromatic N) is 2. The molecule has 5 nitrogen and oxygen atoms in total. The molecule has 0 bridgehead atoms. The van der Waals surface area contributed by atoms with Gasteiger partial charge in [0, 0.05) is 16.7 Å². The summed E-state index contributed by atoms with van der Waals surface area (Å²) < 4.78 is 5.09. The second-order valence-electron chi connectivity index (χ2n) is 5.24. The number of anilines is 1. The summed E-state index contributed by atoms with van der Waals surface area (Å²) in [5, 5.41) is 16.3. The minimum atomic E-state index is -0.267. The molecule has 0 aromatic heterocycles. The Balaban J connectivity index is 2.02. The van der Waals surface area contributed by atoms with E-state index in [0.29, 0.717) is 27.6 Å². The molecular formula is C18H15ClN2O3. The third-order valence-electron chi connectivity index (χ3n) is 3.65. The number of rotatable bonds is 3. The Morgan fingerprint density at radius 2 is 1.96 bits per heavy atom. The molecule has 1 heterocycles. The van der Waals surface area contributed by atoms with Crippen molar-refractivity contribution in [3.05, 3.63) is 58.6 Å². The topological polar surface area (TPSA) is 62.1 Å². The summed E-state index contributed by atoms with van der Waals surface area (Å²) in [5.74, 6) is -0.0977. The van der Waals surface area contributed by atoms with Gasteiger partial charge in [-0.2, -0.15) is 10.1 Å². The lowest BCUT2D eigenvalue weighted by molar-refractivity contribution is -0.114. The number of hydrogen-bond donors (Lipinski definition) is 1. The second kappa shape index (κ2) is 6.37. The SMILES string of the molecule is COc1cc(Cl)cc(/C=C2/C(=O)N(c3ccccc3)N=C2C)c1O.